The van der Waals surface area contributed by atoms with Crippen molar-refractivity contribution in [3.63, 3.8) is 0 Å². The minimum Gasteiger partial charge on any atom is -0.350 e. The van der Waals surface area contributed by atoms with Crippen molar-refractivity contribution in [1.82, 2.24) is 4.57 Å². The second-order valence-electron chi connectivity index (χ2n) is 6.60. The van der Waals surface area contributed by atoms with Crippen LogP contribution < -0.4 is 0 Å². The molecule has 0 aliphatic carbocycles. The first-order valence-electron chi connectivity index (χ1n) is 12.0. The monoisotopic (exact) mass is 407 g/mol. The van der Waals surface area contributed by atoms with Crippen LogP contribution in [0.5, 0.6) is 0 Å². The van der Waals surface area contributed by atoms with Gasteiger partial charge in [0.15, 0.2) is 0 Å². The first-order chi connectivity index (χ1) is 14.7. The van der Waals surface area contributed by atoms with E-state index in [2.05, 4.69) is 93.2 Å². The molecule has 2 aromatic carbocycles. The molecule has 3 rings (SSSR count). The zero-order valence-corrected chi connectivity index (χ0v) is 21.2. The summed E-state index contributed by atoms with van der Waals surface area (Å²) in [4.78, 5) is 0. The molecular formula is C29H45N. The molecule has 0 unspecified atom stereocenters. The minimum atomic E-state index is 0.575. The van der Waals surface area contributed by atoms with E-state index in [9.17, 15) is 0 Å². The van der Waals surface area contributed by atoms with Crippen molar-refractivity contribution in [2.75, 3.05) is 0 Å². The summed E-state index contributed by atoms with van der Waals surface area (Å²) < 4.78 is 2.26. The molecule has 1 aromatic heterocycles. The van der Waals surface area contributed by atoms with E-state index in [4.69, 9.17) is 0 Å². The molecule has 0 amide bonds. The van der Waals surface area contributed by atoms with Crippen molar-refractivity contribution in [3.05, 3.63) is 71.9 Å². The lowest BCUT2D eigenvalue weighted by atomic mass is 9.82. The lowest BCUT2D eigenvalue weighted by Gasteiger charge is -2.23. The van der Waals surface area contributed by atoms with Gasteiger partial charge in [0.05, 0.1) is 5.69 Å². The van der Waals surface area contributed by atoms with Gasteiger partial charge in [0.25, 0.3) is 0 Å². The maximum absolute atomic E-state index is 2.30. The van der Waals surface area contributed by atoms with E-state index in [0.29, 0.717) is 5.92 Å². The predicted octanol–water partition coefficient (Wildman–Crippen LogP) is 9.65. The first-order valence-corrected chi connectivity index (χ1v) is 12.0. The van der Waals surface area contributed by atoms with Gasteiger partial charge in [0.1, 0.15) is 0 Å². The zero-order chi connectivity index (χ0) is 23.1. The summed E-state index contributed by atoms with van der Waals surface area (Å²) in [6.07, 6.45) is 4.49. The summed E-state index contributed by atoms with van der Waals surface area (Å²) in [5.74, 6) is 0.575. The second kappa shape index (κ2) is 15.5. The van der Waals surface area contributed by atoms with Crippen LogP contribution in [0.3, 0.4) is 0 Å². The Hall–Kier alpha value is -2.28. The largest absolute Gasteiger partial charge is 0.350 e. The quantitative estimate of drug-likeness (QED) is 0.396. The van der Waals surface area contributed by atoms with E-state index in [1.165, 1.54) is 33.5 Å². The number of hydrogen-bond acceptors (Lipinski definition) is 0. The first kappa shape index (κ1) is 27.7. The summed E-state index contributed by atoms with van der Waals surface area (Å²) >= 11 is 0. The Kier molecular flexibility index (Phi) is 14.4. The van der Waals surface area contributed by atoms with Crippen LogP contribution in [0.25, 0.3) is 22.4 Å². The molecule has 0 N–H and O–H groups in total. The highest BCUT2D eigenvalue weighted by atomic mass is 14.9. The van der Waals surface area contributed by atoms with E-state index in [1.807, 2.05) is 41.5 Å². The second-order valence-corrected chi connectivity index (χ2v) is 6.60. The van der Waals surface area contributed by atoms with Crippen molar-refractivity contribution < 1.29 is 0 Å². The number of aromatic nitrogens is 1. The maximum Gasteiger partial charge on any atom is 0.0510 e. The van der Waals surface area contributed by atoms with Gasteiger partial charge in [-0.1, -0.05) is 104 Å². The number of benzene rings is 2. The normalized spacial score (nSPS) is 9.57. The molecule has 0 aliphatic rings. The standard InChI is InChI=1S/C23H27N.3C2H6/c1-5-18(6-2)22-20(19-11-8-7-9-12-19)13-10-14-21(22)23-17(3)15-16-24(23)4;3*1-2/h7-16,18H,5-6H2,1-4H3;3*1-2H3. The van der Waals surface area contributed by atoms with E-state index < -0.39 is 0 Å². The van der Waals surface area contributed by atoms with Gasteiger partial charge in [-0.2, -0.15) is 0 Å². The van der Waals surface area contributed by atoms with Gasteiger partial charge < -0.3 is 4.57 Å². The van der Waals surface area contributed by atoms with Crippen molar-refractivity contribution in [1.29, 1.82) is 0 Å². The lowest BCUT2D eigenvalue weighted by Crippen LogP contribution is -2.04. The molecule has 0 saturated carbocycles. The molecule has 1 heteroatoms. The van der Waals surface area contributed by atoms with Gasteiger partial charge in [-0.3, -0.25) is 0 Å². The molecule has 0 fully saturated rings. The molecule has 0 atom stereocenters. The van der Waals surface area contributed by atoms with E-state index in [1.54, 1.807) is 0 Å². The third-order valence-corrected chi connectivity index (χ3v) is 5.11. The molecule has 0 radical (unpaired) electrons. The van der Waals surface area contributed by atoms with Crippen molar-refractivity contribution >= 4 is 0 Å². The van der Waals surface area contributed by atoms with Gasteiger partial charge in [0.2, 0.25) is 0 Å². The van der Waals surface area contributed by atoms with Crippen LogP contribution in [0.15, 0.2) is 60.8 Å². The Labute approximate surface area is 187 Å². The average Bonchev–Trinajstić information content (AvgIpc) is 3.17. The van der Waals surface area contributed by atoms with Crippen LogP contribution in [0.1, 0.15) is 85.3 Å². The Bertz CT molecular complexity index is 788. The molecule has 0 saturated heterocycles. The third kappa shape index (κ3) is 6.62. The van der Waals surface area contributed by atoms with E-state index in [0.717, 1.165) is 12.8 Å². The van der Waals surface area contributed by atoms with Crippen LogP contribution in [0.2, 0.25) is 0 Å². The number of nitrogens with zero attached hydrogens (tertiary/aromatic N) is 1. The van der Waals surface area contributed by atoms with Gasteiger partial charge in [0, 0.05) is 18.8 Å². The Morgan fingerprint density at radius 3 is 1.70 bits per heavy atom. The van der Waals surface area contributed by atoms with Crippen LogP contribution in [-0.4, -0.2) is 4.57 Å². The van der Waals surface area contributed by atoms with E-state index in [-0.39, 0.29) is 0 Å². The smallest absolute Gasteiger partial charge is 0.0510 e. The fraction of sp³-hybridized carbons (Fsp3) is 0.448. The van der Waals surface area contributed by atoms with E-state index >= 15 is 0 Å². The molecule has 1 nitrogen and oxygen atoms in total. The maximum atomic E-state index is 2.30. The van der Waals surface area contributed by atoms with Gasteiger partial charge in [-0.05, 0) is 54.0 Å². The summed E-state index contributed by atoms with van der Waals surface area (Å²) in [6, 6.07) is 19.8. The van der Waals surface area contributed by atoms with Crippen molar-refractivity contribution in [2.24, 2.45) is 7.05 Å². The SMILES string of the molecule is CC.CC.CC.CCC(CC)c1c(-c2ccccc2)cccc1-c1c(C)ccn1C. The molecule has 166 valence electrons. The van der Waals surface area contributed by atoms with Crippen LogP contribution in [0.4, 0.5) is 0 Å². The average molecular weight is 408 g/mol. The molecule has 1 heterocycles. The fourth-order valence-corrected chi connectivity index (χ4v) is 3.84. The number of rotatable bonds is 5. The van der Waals surface area contributed by atoms with Crippen LogP contribution in [-0.2, 0) is 7.05 Å². The summed E-state index contributed by atoms with van der Waals surface area (Å²) in [5.41, 5.74) is 8.26. The molecular weight excluding hydrogens is 362 g/mol. The molecule has 0 aliphatic heterocycles. The summed E-state index contributed by atoms with van der Waals surface area (Å²) in [7, 11) is 2.15. The Morgan fingerprint density at radius 2 is 1.23 bits per heavy atom. The Morgan fingerprint density at radius 1 is 0.700 bits per heavy atom. The fourth-order valence-electron chi connectivity index (χ4n) is 3.84. The summed E-state index contributed by atoms with van der Waals surface area (Å²) in [5, 5.41) is 0. The lowest BCUT2D eigenvalue weighted by molar-refractivity contribution is 0.644. The highest BCUT2D eigenvalue weighted by molar-refractivity contribution is 5.79. The highest BCUT2D eigenvalue weighted by Gasteiger charge is 2.20. The topological polar surface area (TPSA) is 4.93 Å². The van der Waals surface area contributed by atoms with Crippen molar-refractivity contribution in [3.8, 4) is 22.4 Å². The van der Waals surface area contributed by atoms with Gasteiger partial charge in [-0.25, -0.2) is 0 Å². The van der Waals surface area contributed by atoms with Crippen molar-refractivity contribution in [2.45, 2.75) is 81.1 Å². The highest BCUT2D eigenvalue weighted by Crippen LogP contribution is 2.40. The number of aryl methyl sites for hydroxylation is 2. The van der Waals surface area contributed by atoms with Gasteiger partial charge in [-0.15, -0.1) is 0 Å². The molecule has 3 aromatic rings. The Balaban J connectivity index is 0.00000129. The molecule has 0 spiro atoms. The third-order valence-electron chi connectivity index (χ3n) is 5.11. The summed E-state index contributed by atoms with van der Waals surface area (Å²) in [6.45, 7) is 18.8. The van der Waals surface area contributed by atoms with Gasteiger partial charge >= 0.3 is 0 Å². The van der Waals surface area contributed by atoms with Crippen LogP contribution >= 0.6 is 0 Å². The minimum absolute atomic E-state index is 0.575. The molecule has 30 heavy (non-hydrogen) atoms. The number of hydrogen-bond donors (Lipinski definition) is 0. The molecule has 0 bridgehead atoms. The van der Waals surface area contributed by atoms with Crippen LogP contribution in [0, 0.1) is 6.92 Å². The predicted molar refractivity (Wildman–Crippen MR) is 138 cm³/mol. The zero-order valence-electron chi connectivity index (χ0n) is 21.2.